The van der Waals surface area contributed by atoms with Crippen LogP contribution in [0.1, 0.15) is 18.5 Å². The number of halogens is 1. The zero-order valence-electron chi connectivity index (χ0n) is 11.6. The number of nitrogens with zero attached hydrogens (tertiary/aromatic N) is 4. The minimum Gasteiger partial charge on any atom is -0.381 e. The van der Waals surface area contributed by atoms with Gasteiger partial charge in [0.25, 0.3) is 0 Å². The van der Waals surface area contributed by atoms with Gasteiger partial charge in [-0.2, -0.15) is 10.2 Å². The van der Waals surface area contributed by atoms with Gasteiger partial charge in [0, 0.05) is 32.0 Å². The molecule has 0 atom stereocenters. The van der Waals surface area contributed by atoms with Gasteiger partial charge in [-0.05, 0) is 18.8 Å². The van der Waals surface area contributed by atoms with Crippen molar-refractivity contribution < 1.29 is 4.74 Å². The highest BCUT2D eigenvalue weighted by molar-refractivity contribution is 6.16. The van der Waals surface area contributed by atoms with Crippen molar-refractivity contribution in [1.29, 1.82) is 0 Å². The molecule has 0 saturated carbocycles. The summed E-state index contributed by atoms with van der Waals surface area (Å²) in [5, 5.41) is 8.59. The first-order valence-electron chi connectivity index (χ1n) is 7.01. The van der Waals surface area contributed by atoms with Gasteiger partial charge >= 0.3 is 0 Å². The first-order valence-corrected chi connectivity index (χ1v) is 7.55. The van der Waals surface area contributed by atoms with E-state index in [1.807, 2.05) is 10.9 Å². The van der Waals surface area contributed by atoms with E-state index in [0.29, 0.717) is 11.6 Å². The van der Waals surface area contributed by atoms with Gasteiger partial charge in [0.2, 0.25) is 5.43 Å². The molecule has 112 valence electrons. The lowest BCUT2D eigenvalue weighted by Gasteiger charge is -2.21. The largest absolute Gasteiger partial charge is 0.381 e. The molecule has 3 rings (SSSR count). The van der Waals surface area contributed by atoms with Gasteiger partial charge in [0.1, 0.15) is 11.4 Å². The average molecular weight is 309 g/mol. The Labute approximate surface area is 127 Å². The van der Waals surface area contributed by atoms with Gasteiger partial charge < -0.3 is 4.74 Å². The molecule has 0 unspecified atom stereocenters. The summed E-state index contributed by atoms with van der Waals surface area (Å²) in [4.78, 5) is 11.5. The van der Waals surface area contributed by atoms with E-state index in [9.17, 15) is 4.79 Å². The summed E-state index contributed by atoms with van der Waals surface area (Å²) in [6, 6.07) is 1.47. The second-order valence-corrected chi connectivity index (χ2v) is 5.45. The normalized spacial score (nSPS) is 16.2. The molecule has 21 heavy (non-hydrogen) atoms. The highest BCUT2D eigenvalue weighted by atomic mass is 35.5. The van der Waals surface area contributed by atoms with Gasteiger partial charge in [0.05, 0.1) is 18.3 Å². The standard InChI is InChI=1S/C14H17ClN4O2/c15-7-13-14(20)1-4-19(17-13)12-8-16-18(10-12)9-11-2-5-21-6-3-11/h1,4,8,10-11H,2-3,5-7,9H2. The molecule has 0 N–H and O–H groups in total. The predicted octanol–water partition coefficient (Wildman–Crippen LogP) is 1.59. The lowest BCUT2D eigenvalue weighted by Crippen LogP contribution is -2.20. The molecule has 0 radical (unpaired) electrons. The average Bonchev–Trinajstić information content (AvgIpc) is 2.97. The van der Waals surface area contributed by atoms with Crippen LogP contribution in [-0.2, 0) is 17.2 Å². The molecular weight excluding hydrogens is 292 g/mol. The first kappa shape index (κ1) is 14.3. The summed E-state index contributed by atoms with van der Waals surface area (Å²) in [7, 11) is 0. The Morgan fingerprint density at radius 2 is 2.19 bits per heavy atom. The molecular formula is C14H17ClN4O2. The Kier molecular flexibility index (Phi) is 4.36. The molecule has 1 saturated heterocycles. The zero-order valence-corrected chi connectivity index (χ0v) is 12.4. The predicted molar refractivity (Wildman–Crippen MR) is 78.7 cm³/mol. The lowest BCUT2D eigenvalue weighted by molar-refractivity contribution is 0.0601. The maximum Gasteiger partial charge on any atom is 0.204 e. The zero-order chi connectivity index (χ0) is 14.7. The van der Waals surface area contributed by atoms with Crippen molar-refractivity contribution in [3.8, 4) is 5.69 Å². The van der Waals surface area contributed by atoms with Gasteiger partial charge in [-0.15, -0.1) is 11.6 Å². The Morgan fingerprint density at radius 1 is 1.38 bits per heavy atom. The van der Waals surface area contributed by atoms with Crippen LogP contribution in [0.4, 0.5) is 0 Å². The summed E-state index contributed by atoms with van der Waals surface area (Å²) in [6.07, 6.45) is 7.46. The molecule has 0 amide bonds. The minimum absolute atomic E-state index is 0.107. The molecule has 1 aliphatic rings. The summed E-state index contributed by atoms with van der Waals surface area (Å²) < 4.78 is 8.92. The van der Waals surface area contributed by atoms with Crippen LogP contribution in [-0.4, -0.2) is 32.8 Å². The van der Waals surface area contributed by atoms with Crippen LogP contribution in [0.25, 0.3) is 5.69 Å². The van der Waals surface area contributed by atoms with Crippen LogP contribution < -0.4 is 5.43 Å². The van der Waals surface area contributed by atoms with E-state index in [-0.39, 0.29) is 11.3 Å². The molecule has 2 aromatic rings. The third-order valence-corrected chi connectivity index (χ3v) is 3.93. The van der Waals surface area contributed by atoms with Crippen LogP contribution >= 0.6 is 11.6 Å². The third kappa shape index (κ3) is 3.33. The second-order valence-electron chi connectivity index (χ2n) is 5.18. The second kappa shape index (κ2) is 6.41. The van der Waals surface area contributed by atoms with E-state index in [1.165, 1.54) is 6.07 Å². The molecule has 1 fully saturated rings. The third-order valence-electron chi connectivity index (χ3n) is 3.68. The van der Waals surface area contributed by atoms with E-state index in [4.69, 9.17) is 16.3 Å². The number of ether oxygens (including phenoxy) is 1. The maximum absolute atomic E-state index is 11.5. The van der Waals surface area contributed by atoms with Crippen molar-refractivity contribution in [3.05, 3.63) is 40.6 Å². The quantitative estimate of drug-likeness (QED) is 0.805. The van der Waals surface area contributed by atoms with Crippen LogP contribution in [0.5, 0.6) is 0 Å². The van der Waals surface area contributed by atoms with E-state index < -0.39 is 0 Å². The van der Waals surface area contributed by atoms with Crippen molar-refractivity contribution in [1.82, 2.24) is 19.6 Å². The smallest absolute Gasteiger partial charge is 0.204 e. The van der Waals surface area contributed by atoms with Crippen molar-refractivity contribution in [3.63, 3.8) is 0 Å². The van der Waals surface area contributed by atoms with Gasteiger partial charge in [0.15, 0.2) is 0 Å². The van der Waals surface area contributed by atoms with Crippen LogP contribution in [0.2, 0.25) is 0 Å². The van der Waals surface area contributed by atoms with E-state index in [2.05, 4.69) is 10.2 Å². The van der Waals surface area contributed by atoms with Crippen molar-refractivity contribution in [2.45, 2.75) is 25.3 Å². The van der Waals surface area contributed by atoms with E-state index >= 15 is 0 Å². The molecule has 3 heterocycles. The molecule has 0 aliphatic carbocycles. The van der Waals surface area contributed by atoms with Gasteiger partial charge in [-0.3, -0.25) is 9.48 Å². The number of hydrogen-bond acceptors (Lipinski definition) is 4. The summed E-state index contributed by atoms with van der Waals surface area (Å²) in [6.45, 7) is 2.55. The van der Waals surface area contributed by atoms with Gasteiger partial charge in [-0.1, -0.05) is 0 Å². The van der Waals surface area contributed by atoms with E-state index in [1.54, 1.807) is 17.1 Å². The van der Waals surface area contributed by atoms with Crippen LogP contribution in [0.15, 0.2) is 29.5 Å². The van der Waals surface area contributed by atoms with Crippen LogP contribution in [0.3, 0.4) is 0 Å². The molecule has 6 nitrogen and oxygen atoms in total. The molecule has 0 bridgehead atoms. The molecule has 0 aromatic carbocycles. The Balaban J connectivity index is 1.76. The maximum atomic E-state index is 11.5. The van der Waals surface area contributed by atoms with Crippen molar-refractivity contribution in [2.24, 2.45) is 5.92 Å². The minimum atomic E-state index is -0.143. The van der Waals surface area contributed by atoms with E-state index in [0.717, 1.165) is 38.3 Å². The summed E-state index contributed by atoms with van der Waals surface area (Å²) >= 11 is 5.72. The number of rotatable bonds is 4. The summed E-state index contributed by atoms with van der Waals surface area (Å²) in [5.74, 6) is 0.711. The first-order chi connectivity index (χ1) is 10.3. The van der Waals surface area contributed by atoms with Crippen molar-refractivity contribution in [2.75, 3.05) is 13.2 Å². The van der Waals surface area contributed by atoms with Gasteiger partial charge in [-0.25, -0.2) is 4.68 Å². The number of hydrogen-bond donors (Lipinski definition) is 0. The monoisotopic (exact) mass is 308 g/mol. The highest BCUT2D eigenvalue weighted by Crippen LogP contribution is 2.17. The Bertz CT molecular complexity index is 661. The lowest BCUT2D eigenvalue weighted by atomic mass is 10.0. The molecule has 7 heteroatoms. The molecule has 2 aromatic heterocycles. The topological polar surface area (TPSA) is 61.9 Å². The SMILES string of the molecule is O=c1ccn(-c2cnn(CC3CCOCC3)c2)nc1CCl. The Hall–Kier alpha value is -1.66. The van der Waals surface area contributed by atoms with Crippen molar-refractivity contribution >= 4 is 11.6 Å². The highest BCUT2D eigenvalue weighted by Gasteiger charge is 2.15. The fraction of sp³-hybridized carbons (Fsp3) is 0.500. The fourth-order valence-corrected chi connectivity index (χ4v) is 2.63. The Morgan fingerprint density at radius 3 is 2.95 bits per heavy atom. The number of aromatic nitrogens is 4. The molecule has 1 aliphatic heterocycles. The fourth-order valence-electron chi connectivity index (χ4n) is 2.45. The summed E-state index contributed by atoms with van der Waals surface area (Å²) in [5.41, 5.74) is 1.03. The van der Waals surface area contributed by atoms with Crippen LogP contribution in [0, 0.1) is 5.92 Å². The number of alkyl halides is 1. The molecule has 0 spiro atoms.